The van der Waals surface area contributed by atoms with Crippen molar-refractivity contribution in [1.82, 2.24) is 0 Å². The lowest BCUT2D eigenvalue weighted by Crippen LogP contribution is -2.39. The van der Waals surface area contributed by atoms with Crippen LogP contribution in [0.15, 0.2) is 0 Å². The molecular formula is C16H28O6S. The first-order valence-corrected chi connectivity index (χ1v) is 8.89. The predicted octanol–water partition coefficient (Wildman–Crippen LogP) is 3.23. The third-order valence-electron chi connectivity index (χ3n) is 3.98. The summed E-state index contributed by atoms with van der Waals surface area (Å²) in [5.74, 6) is -0.673. The number of hydrogen-bond acceptors (Lipinski definition) is 7. The molecule has 0 aliphatic carbocycles. The molecule has 0 aromatic heterocycles. The quantitative estimate of drug-likeness (QED) is 0.492. The van der Waals surface area contributed by atoms with Crippen molar-refractivity contribution >= 4 is 24.0 Å². The number of ether oxygens (including phenoxy) is 3. The van der Waals surface area contributed by atoms with E-state index >= 15 is 0 Å². The molecule has 1 aliphatic rings. The van der Waals surface area contributed by atoms with E-state index in [1.807, 2.05) is 0 Å². The van der Waals surface area contributed by atoms with Gasteiger partial charge in [0.15, 0.2) is 0 Å². The minimum Gasteiger partial charge on any atom is -0.463 e. The van der Waals surface area contributed by atoms with E-state index in [0.29, 0.717) is 12.8 Å². The molecule has 0 aromatic carbocycles. The molecule has 1 heterocycles. The van der Waals surface area contributed by atoms with Gasteiger partial charge in [0.2, 0.25) is 0 Å². The normalized spacial score (nSPS) is 25.0. The van der Waals surface area contributed by atoms with Gasteiger partial charge in [0, 0.05) is 38.7 Å². The molecule has 0 saturated carbocycles. The van der Waals surface area contributed by atoms with Gasteiger partial charge in [0.1, 0.15) is 18.1 Å². The van der Waals surface area contributed by atoms with E-state index in [1.165, 1.54) is 25.9 Å². The lowest BCUT2D eigenvalue weighted by atomic mass is 10.0. The van der Waals surface area contributed by atoms with Crippen LogP contribution in [0.25, 0.3) is 0 Å². The van der Waals surface area contributed by atoms with E-state index in [1.54, 1.807) is 0 Å². The highest BCUT2D eigenvalue weighted by Gasteiger charge is 2.34. The van der Waals surface area contributed by atoms with Gasteiger partial charge >= 0.3 is 11.9 Å². The van der Waals surface area contributed by atoms with Crippen molar-refractivity contribution in [3.05, 3.63) is 0 Å². The van der Waals surface area contributed by atoms with Crippen LogP contribution in [0.3, 0.4) is 0 Å². The topological polar surface area (TPSA) is 71.1 Å². The maximum Gasteiger partial charge on any atom is 0.302 e. The molecule has 0 spiro atoms. The highest BCUT2D eigenvalue weighted by Crippen LogP contribution is 2.34. The first-order valence-electron chi connectivity index (χ1n) is 8.08. The summed E-state index contributed by atoms with van der Waals surface area (Å²) in [5.41, 5.74) is -0.473. The molecule has 134 valence electrons. The fourth-order valence-corrected chi connectivity index (χ4v) is 3.25. The van der Waals surface area contributed by atoms with Crippen molar-refractivity contribution in [2.24, 2.45) is 0 Å². The highest BCUT2D eigenvalue weighted by atomic mass is 32.2. The summed E-state index contributed by atoms with van der Waals surface area (Å²) in [6.07, 6.45) is 2.32. The number of carbonyl (C=O) groups is 2. The van der Waals surface area contributed by atoms with E-state index in [4.69, 9.17) is 18.4 Å². The van der Waals surface area contributed by atoms with Gasteiger partial charge in [-0.25, -0.2) is 0 Å². The van der Waals surface area contributed by atoms with Gasteiger partial charge in [-0.3, -0.25) is 9.59 Å². The zero-order chi connectivity index (χ0) is 17.5. The molecule has 1 saturated heterocycles. The SMILES string of the molecule is CCC(C)(CC)OSC1CC(OC(C)=O)CC(COC(C)=O)O1. The summed E-state index contributed by atoms with van der Waals surface area (Å²) in [6.45, 7) is 9.12. The molecule has 3 atom stereocenters. The molecule has 1 aliphatic heterocycles. The Morgan fingerprint density at radius 2 is 1.83 bits per heavy atom. The van der Waals surface area contributed by atoms with E-state index < -0.39 is 0 Å². The number of esters is 2. The molecule has 0 bridgehead atoms. The molecule has 1 rings (SSSR count). The van der Waals surface area contributed by atoms with Crippen molar-refractivity contribution < 1.29 is 28.0 Å². The van der Waals surface area contributed by atoms with Crippen LogP contribution in [-0.4, -0.2) is 41.8 Å². The Kier molecular flexibility index (Phi) is 8.36. The smallest absolute Gasteiger partial charge is 0.302 e. The van der Waals surface area contributed by atoms with Gasteiger partial charge in [-0.1, -0.05) is 13.8 Å². The molecule has 23 heavy (non-hydrogen) atoms. The Morgan fingerprint density at radius 3 is 2.35 bits per heavy atom. The Bertz CT molecular complexity index is 396. The van der Waals surface area contributed by atoms with Crippen LogP contribution in [-0.2, 0) is 28.0 Å². The predicted molar refractivity (Wildman–Crippen MR) is 87.7 cm³/mol. The maximum absolute atomic E-state index is 11.2. The summed E-state index contributed by atoms with van der Waals surface area (Å²) >= 11 is 1.27. The van der Waals surface area contributed by atoms with Gasteiger partial charge in [0.05, 0.1) is 11.7 Å². The van der Waals surface area contributed by atoms with Crippen molar-refractivity contribution in [1.29, 1.82) is 0 Å². The highest BCUT2D eigenvalue weighted by molar-refractivity contribution is 7.95. The second-order valence-corrected chi connectivity index (χ2v) is 6.91. The van der Waals surface area contributed by atoms with Crippen molar-refractivity contribution in [3.63, 3.8) is 0 Å². The zero-order valence-corrected chi connectivity index (χ0v) is 15.4. The lowest BCUT2D eigenvalue weighted by Gasteiger charge is -2.35. The second kappa shape index (κ2) is 9.49. The van der Waals surface area contributed by atoms with Crippen molar-refractivity contribution in [2.45, 2.75) is 83.5 Å². The van der Waals surface area contributed by atoms with Crippen LogP contribution in [0.1, 0.15) is 60.3 Å². The first kappa shape index (κ1) is 20.3. The average molecular weight is 348 g/mol. The number of hydrogen-bond donors (Lipinski definition) is 0. The minimum absolute atomic E-state index is 0.156. The number of carbonyl (C=O) groups excluding carboxylic acids is 2. The molecule has 0 radical (unpaired) electrons. The van der Waals surface area contributed by atoms with E-state index in [-0.39, 0.29) is 41.8 Å². The zero-order valence-electron chi connectivity index (χ0n) is 14.6. The Labute approximate surface area is 142 Å². The van der Waals surface area contributed by atoms with Crippen LogP contribution < -0.4 is 0 Å². The Balaban J connectivity index is 2.61. The molecule has 3 unspecified atom stereocenters. The van der Waals surface area contributed by atoms with Crippen LogP contribution in [0, 0.1) is 0 Å². The fraction of sp³-hybridized carbons (Fsp3) is 0.875. The van der Waals surface area contributed by atoms with Crippen molar-refractivity contribution in [3.8, 4) is 0 Å². The molecule has 7 heteroatoms. The molecule has 6 nitrogen and oxygen atoms in total. The summed E-state index contributed by atoms with van der Waals surface area (Å²) in [6, 6.07) is 0. The Morgan fingerprint density at radius 1 is 1.17 bits per heavy atom. The standard InChI is InChI=1S/C16H28O6S/c1-6-16(5,7-2)22-23-15-9-13(20-12(4)18)8-14(21-15)10-19-11(3)17/h13-15H,6-10H2,1-5H3. The third kappa shape index (κ3) is 7.54. The minimum atomic E-state index is -0.354. The lowest BCUT2D eigenvalue weighted by molar-refractivity contribution is -0.162. The van der Waals surface area contributed by atoms with Gasteiger partial charge in [0.25, 0.3) is 0 Å². The van der Waals surface area contributed by atoms with Gasteiger partial charge in [-0.05, 0) is 19.8 Å². The van der Waals surface area contributed by atoms with Gasteiger partial charge < -0.3 is 18.4 Å². The van der Waals surface area contributed by atoms with E-state index in [0.717, 1.165) is 12.8 Å². The fourth-order valence-electron chi connectivity index (χ4n) is 2.18. The van der Waals surface area contributed by atoms with Crippen LogP contribution >= 0.6 is 12.0 Å². The Hall–Kier alpha value is -0.790. The molecule has 0 amide bonds. The summed E-state index contributed by atoms with van der Waals surface area (Å²) < 4.78 is 22.2. The summed E-state index contributed by atoms with van der Waals surface area (Å²) in [4.78, 5) is 22.2. The van der Waals surface area contributed by atoms with E-state index in [9.17, 15) is 9.59 Å². The first-order chi connectivity index (χ1) is 10.8. The van der Waals surface area contributed by atoms with Gasteiger partial charge in [-0.15, -0.1) is 0 Å². The average Bonchev–Trinajstić information content (AvgIpc) is 2.50. The van der Waals surface area contributed by atoms with Crippen LogP contribution in [0.5, 0.6) is 0 Å². The summed E-state index contributed by atoms with van der Waals surface area (Å²) in [7, 11) is 0. The second-order valence-electron chi connectivity index (χ2n) is 6.03. The maximum atomic E-state index is 11.2. The van der Waals surface area contributed by atoms with Crippen LogP contribution in [0.2, 0.25) is 0 Å². The van der Waals surface area contributed by atoms with Crippen molar-refractivity contribution in [2.75, 3.05) is 6.61 Å². The molecule has 1 fully saturated rings. The largest absolute Gasteiger partial charge is 0.463 e. The van der Waals surface area contributed by atoms with E-state index in [2.05, 4.69) is 20.8 Å². The van der Waals surface area contributed by atoms with Crippen LogP contribution in [0.4, 0.5) is 0 Å². The molecule has 0 N–H and O–H groups in total. The number of rotatable bonds is 8. The molecule has 0 aromatic rings. The molecular weight excluding hydrogens is 320 g/mol. The van der Waals surface area contributed by atoms with Gasteiger partial charge in [-0.2, -0.15) is 0 Å². The third-order valence-corrected chi connectivity index (χ3v) is 5.00. The monoisotopic (exact) mass is 348 g/mol. The summed E-state index contributed by atoms with van der Waals surface area (Å²) in [5, 5.41) is 0.